The maximum atomic E-state index is 13.1. The number of nitrogens with zero attached hydrogens (tertiary/aromatic N) is 1. The van der Waals surface area contributed by atoms with Gasteiger partial charge in [-0.1, -0.05) is 11.6 Å². The van der Waals surface area contributed by atoms with E-state index < -0.39 is 0 Å². The van der Waals surface area contributed by atoms with Gasteiger partial charge in [-0.15, -0.1) is 12.6 Å². The first-order valence-electron chi connectivity index (χ1n) is 4.81. The molecule has 0 unspecified atom stereocenters. The fraction of sp³-hybridized carbons (Fsp3) is 0.182. The third-order valence-corrected chi connectivity index (χ3v) is 3.26. The van der Waals surface area contributed by atoms with Crippen LogP contribution in [0.2, 0.25) is 5.02 Å². The normalized spacial score (nSPS) is 10.7. The Balaban J connectivity index is 2.15. The minimum atomic E-state index is -0.309. The van der Waals surface area contributed by atoms with Crippen LogP contribution in [0.5, 0.6) is 0 Å². The molecule has 0 bridgehead atoms. The predicted molar refractivity (Wildman–Crippen MR) is 64.7 cm³/mol. The van der Waals surface area contributed by atoms with Gasteiger partial charge in [0.05, 0.1) is 11.2 Å². The average molecular weight is 257 g/mol. The number of hydrogen-bond acceptors (Lipinski definition) is 2. The molecule has 84 valence electrons. The highest BCUT2D eigenvalue weighted by atomic mass is 35.5. The van der Waals surface area contributed by atoms with Crippen molar-refractivity contribution >= 4 is 24.2 Å². The number of benzene rings is 1. The largest absolute Gasteiger partial charge is 0.285 e. The second-order valence-corrected chi connectivity index (χ2v) is 4.36. The maximum absolute atomic E-state index is 13.1. The standard InChI is InChI=1S/C11H10ClFN2S/c12-11-8(3-9(13)4-10(11)16)2-1-7-5-14-15-6-7/h3-6,16H,1-2H2,(H,14,15). The van der Waals surface area contributed by atoms with Crippen molar-refractivity contribution in [2.75, 3.05) is 0 Å². The van der Waals surface area contributed by atoms with E-state index in [1.165, 1.54) is 12.1 Å². The van der Waals surface area contributed by atoms with Crippen LogP contribution in [-0.2, 0) is 12.8 Å². The van der Waals surface area contributed by atoms with Gasteiger partial charge in [0.2, 0.25) is 0 Å². The Morgan fingerprint density at radius 3 is 2.88 bits per heavy atom. The van der Waals surface area contributed by atoms with Crippen molar-refractivity contribution in [3.8, 4) is 0 Å². The van der Waals surface area contributed by atoms with Gasteiger partial charge in [0.15, 0.2) is 0 Å². The third-order valence-electron chi connectivity index (χ3n) is 2.33. The van der Waals surface area contributed by atoms with Crippen LogP contribution >= 0.6 is 24.2 Å². The zero-order valence-corrected chi connectivity index (χ0v) is 10.0. The quantitative estimate of drug-likeness (QED) is 0.811. The van der Waals surface area contributed by atoms with Gasteiger partial charge in [0.25, 0.3) is 0 Å². The first-order chi connectivity index (χ1) is 7.66. The van der Waals surface area contributed by atoms with Crippen molar-refractivity contribution in [3.63, 3.8) is 0 Å². The molecule has 2 aromatic rings. The smallest absolute Gasteiger partial charge is 0.124 e. The highest BCUT2D eigenvalue weighted by molar-refractivity contribution is 7.80. The summed E-state index contributed by atoms with van der Waals surface area (Å²) in [7, 11) is 0. The summed E-state index contributed by atoms with van der Waals surface area (Å²) in [5.41, 5.74) is 1.84. The number of hydrogen-bond donors (Lipinski definition) is 2. The summed E-state index contributed by atoms with van der Waals surface area (Å²) in [5, 5.41) is 7.10. The van der Waals surface area contributed by atoms with Gasteiger partial charge in [-0.25, -0.2) is 4.39 Å². The molecule has 2 nitrogen and oxygen atoms in total. The second-order valence-electron chi connectivity index (χ2n) is 3.50. The van der Waals surface area contributed by atoms with Crippen molar-refractivity contribution in [1.29, 1.82) is 0 Å². The van der Waals surface area contributed by atoms with E-state index in [4.69, 9.17) is 11.6 Å². The van der Waals surface area contributed by atoms with E-state index in [9.17, 15) is 4.39 Å². The minimum absolute atomic E-state index is 0.309. The zero-order chi connectivity index (χ0) is 11.5. The van der Waals surface area contributed by atoms with Gasteiger partial charge in [-0.3, -0.25) is 5.10 Å². The Kier molecular flexibility index (Phi) is 3.51. The van der Waals surface area contributed by atoms with Crippen LogP contribution in [0.1, 0.15) is 11.1 Å². The molecule has 1 aromatic heterocycles. The third kappa shape index (κ3) is 2.57. The molecule has 0 aliphatic rings. The number of thiol groups is 1. The second kappa shape index (κ2) is 4.89. The number of rotatable bonds is 3. The molecule has 0 atom stereocenters. The van der Waals surface area contributed by atoms with E-state index in [0.29, 0.717) is 16.3 Å². The van der Waals surface area contributed by atoms with Crippen molar-refractivity contribution in [2.45, 2.75) is 17.7 Å². The van der Waals surface area contributed by atoms with Crippen LogP contribution in [0.25, 0.3) is 0 Å². The number of aromatic amines is 1. The van der Waals surface area contributed by atoms with Gasteiger partial charge in [-0.05, 0) is 36.1 Å². The summed E-state index contributed by atoms with van der Waals surface area (Å²) < 4.78 is 13.1. The summed E-state index contributed by atoms with van der Waals surface area (Å²) in [6.07, 6.45) is 5.00. The molecule has 1 heterocycles. The number of aryl methyl sites for hydroxylation is 2. The van der Waals surface area contributed by atoms with E-state index >= 15 is 0 Å². The van der Waals surface area contributed by atoms with E-state index in [0.717, 1.165) is 17.5 Å². The highest BCUT2D eigenvalue weighted by Gasteiger charge is 2.07. The summed E-state index contributed by atoms with van der Waals surface area (Å²) in [5.74, 6) is -0.309. The van der Waals surface area contributed by atoms with Gasteiger partial charge in [-0.2, -0.15) is 5.10 Å². The van der Waals surface area contributed by atoms with Crippen LogP contribution in [0.4, 0.5) is 4.39 Å². The minimum Gasteiger partial charge on any atom is -0.285 e. The average Bonchev–Trinajstić information content (AvgIpc) is 2.74. The highest BCUT2D eigenvalue weighted by Crippen LogP contribution is 2.26. The molecule has 0 saturated carbocycles. The lowest BCUT2D eigenvalue weighted by molar-refractivity contribution is 0.621. The molecular formula is C11H10ClFN2S. The lowest BCUT2D eigenvalue weighted by Crippen LogP contribution is -1.93. The Hall–Kier alpha value is -1.00. The first-order valence-corrected chi connectivity index (χ1v) is 5.64. The first kappa shape index (κ1) is 11.5. The van der Waals surface area contributed by atoms with Crippen molar-refractivity contribution in [1.82, 2.24) is 10.2 Å². The summed E-state index contributed by atoms with van der Waals surface area (Å²) >= 11 is 10.2. The molecule has 1 N–H and O–H groups in total. The molecule has 0 aliphatic heterocycles. The van der Waals surface area contributed by atoms with E-state index in [1.807, 2.05) is 6.20 Å². The van der Waals surface area contributed by atoms with Crippen molar-refractivity contribution in [3.05, 3.63) is 46.5 Å². The van der Waals surface area contributed by atoms with Gasteiger partial charge >= 0.3 is 0 Å². The molecule has 0 fully saturated rings. The molecule has 2 rings (SSSR count). The monoisotopic (exact) mass is 256 g/mol. The molecule has 16 heavy (non-hydrogen) atoms. The zero-order valence-electron chi connectivity index (χ0n) is 8.37. The van der Waals surface area contributed by atoms with Crippen molar-refractivity contribution < 1.29 is 4.39 Å². The van der Waals surface area contributed by atoms with Crippen LogP contribution in [-0.4, -0.2) is 10.2 Å². The van der Waals surface area contributed by atoms with Gasteiger partial charge in [0.1, 0.15) is 5.82 Å². The molecule has 0 radical (unpaired) electrons. The van der Waals surface area contributed by atoms with E-state index in [-0.39, 0.29) is 5.82 Å². The lowest BCUT2D eigenvalue weighted by Gasteiger charge is -2.06. The Bertz CT molecular complexity index is 485. The summed E-state index contributed by atoms with van der Waals surface area (Å²) in [4.78, 5) is 0.476. The molecule has 0 spiro atoms. The Labute approximate surface area is 103 Å². The van der Waals surface area contributed by atoms with E-state index in [1.54, 1.807) is 6.20 Å². The molecule has 0 aliphatic carbocycles. The van der Waals surface area contributed by atoms with Crippen LogP contribution in [0, 0.1) is 5.82 Å². The summed E-state index contributed by atoms with van der Waals surface area (Å²) in [6.45, 7) is 0. The van der Waals surface area contributed by atoms with Gasteiger partial charge in [0, 0.05) is 11.1 Å². The number of aromatic nitrogens is 2. The Morgan fingerprint density at radius 1 is 1.38 bits per heavy atom. The number of halogens is 2. The van der Waals surface area contributed by atoms with E-state index in [2.05, 4.69) is 22.8 Å². The molecular weight excluding hydrogens is 247 g/mol. The Morgan fingerprint density at radius 2 is 2.19 bits per heavy atom. The number of nitrogens with one attached hydrogen (secondary N) is 1. The summed E-state index contributed by atoms with van der Waals surface area (Å²) in [6, 6.07) is 2.76. The molecule has 5 heteroatoms. The number of H-pyrrole nitrogens is 1. The fourth-order valence-corrected chi connectivity index (χ4v) is 1.98. The molecule has 0 amide bonds. The van der Waals surface area contributed by atoms with Crippen LogP contribution in [0.15, 0.2) is 29.4 Å². The molecule has 1 aromatic carbocycles. The SMILES string of the molecule is Fc1cc(S)c(Cl)c(CCc2cn[nH]c2)c1. The lowest BCUT2D eigenvalue weighted by atomic mass is 10.1. The maximum Gasteiger partial charge on any atom is 0.124 e. The van der Waals surface area contributed by atoms with Gasteiger partial charge < -0.3 is 0 Å². The van der Waals surface area contributed by atoms with Crippen molar-refractivity contribution in [2.24, 2.45) is 0 Å². The van der Waals surface area contributed by atoms with Crippen LogP contribution < -0.4 is 0 Å². The topological polar surface area (TPSA) is 28.7 Å². The van der Waals surface area contributed by atoms with Crippen LogP contribution in [0.3, 0.4) is 0 Å². The predicted octanol–water partition coefficient (Wildman–Crippen LogP) is 3.28. The molecule has 0 saturated heterocycles. The fourth-order valence-electron chi connectivity index (χ4n) is 1.51.